The third kappa shape index (κ3) is 8.20. The minimum absolute atomic E-state index is 0.0729. The second kappa shape index (κ2) is 12.3. The summed E-state index contributed by atoms with van der Waals surface area (Å²) >= 11 is 17.1. The largest absolute Gasteiger partial charge is 0.494 e. The van der Waals surface area contributed by atoms with Gasteiger partial charge in [0, 0.05) is 34.3 Å². The second-order valence-electron chi connectivity index (χ2n) is 6.51. The molecule has 0 spiro atoms. The summed E-state index contributed by atoms with van der Waals surface area (Å²) < 4.78 is 5.34. The standard InChI is InChI=1S/C22H23Cl2N3O3S/c1-3-4-5-20(28)26-18-10-9-16(13-19(18)30-2)25-22(31)27-21(29)11-7-14-6-8-15(23)12-17(14)24/h6-13H,3-5H2,1-2H3,(H,26,28)(H2,25,27,29,31)/b11-7+. The summed E-state index contributed by atoms with van der Waals surface area (Å²) in [5.74, 6) is -0.0206. The van der Waals surface area contributed by atoms with Gasteiger partial charge in [-0.2, -0.15) is 0 Å². The molecule has 0 aliphatic carbocycles. The molecule has 0 atom stereocenters. The zero-order valence-corrected chi connectivity index (χ0v) is 19.5. The summed E-state index contributed by atoms with van der Waals surface area (Å²) in [7, 11) is 1.51. The molecule has 2 aromatic rings. The van der Waals surface area contributed by atoms with Crippen LogP contribution in [0.3, 0.4) is 0 Å². The van der Waals surface area contributed by atoms with E-state index in [1.807, 2.05) is 6.92 Å². The first kappa shape index (κ1) is 24.7. The van der Waals surface area contributed by atoms with E-state index >= 15 is 0 Å². The topological polar surface area (TPSA) is 79.5 Å². The summed E-state index contributed by atoms with van der Waals surface area (Å²) in [5, 5.41) is 9.35. The maximum atomic E-state index is 12.1. The van der Waals surface area contributed by atoms with Crippen molar-refractivity contribution < 1.29 is 14.3 Å². The highest BCUT2D eigenvalue weighted by molar-refractivity contribution is 7.80. The van der Waals surface area contributed by atoms with E-state index in [2.05, 4.69) is 16.0 Å². The smallest absolute Gasteiger partial charge is 0.250 e. The Labute approximate surface area is 196 Å². The van der Waals surface area contributed by atoms with Gasteiger partial charge in [0.1, 0.15) is 5.75 Å². The van der Waals surface area contributed by atoms with Crippen molar-refractivity contribution in [2.45, 2.75) is 26.2 Å². The first-order valence-electron chi connectivity index (χ1n) is 9.55. The van der Waals surface area contributed by atoms with Crippen molar-refractivity contribution >= 4 is 69.8 Å². The lowest BCUT2D eigenvalue weighted by Gasteiger charge is -2.13. The molecule has 2 aromatic carbocycles. The van der Waals surface area contributed by atoms with Gasteiger partial charge in [0.15, 0.2) is 5.11 Å². The number of nitrogens with one attached hydrogen (secondary N) is 3. The van der Waals surface area contributed by atoms with E-state index in [1.165, 1.54) is 13.2 Å². The third-order valence-electron chi connectivity index (χ3n) is 4.10. The average molecular weight is 480 g/mol. The molecule has 2 amide bonds. The molecule has 0 saturated carbocycles. The van der Waals surface area contributed by atoms with Gasteiger partial charge in [0.25, 0.3) is 0 Å². The minimum Gasteiger partial charge on any atom is -0.494 e. The molecule has 0 unspecified atom stereocenters. The Morgan fingerprint density at radius 3 is 2.58 bits per heavy atom. The van der Waals surface area contributed by atoms with Crippen molar-refractivity contribution in [2.24, 2.45) is 0 Å². The lowest BCUT2D eigenvalue weighted by Crippen LogP contribution is -2.32. The molecule has 0 aliphatic rings. The quantitative estimate of drug-likeness (QED) is 0.336. The minimum atomic E-state index is -0.421. The van der Waals surface area contributed by atoms with Crippen LogP contribution in [0.5, 0.6) is 5.75 Å². The van der Waals surface area contributed by atoms with E-state index in [4.69, 9.17) is 40.2 Å². The Hall–Kier alpha value is -2.61. The molecule has 0 aromatic heterocycles. The fraction of sp³-hybridized carbons (Fsp3) is 0.227. The van der Waals surface area contributed by atoms with Crippen molar-refractivity contribution in [3.63, 3.8) is 0 Å². The molecular formula is C22H23Cl2N3O3S. The molecule has 0 bridgehead atoms. The Balaban J connectivity index is 1.95. The van der Waals surface area contributed by atoms with E-state index in [9.17, 15) is 9.59 Å². The van der Waals surface area contributed by atoms with Crippen LogP contribution in [-0.4, -0.2) is 24.0 Å². The number of methoxy groups -OCH3 is 1. The van der Waals surface area contributed by atoms with Gasteiger partial charge >= 0.3 is 0 Å². The van der Waals surface area contributed by atoms with Gasteiger partial charge in [-0.3, -0.25) is 14.9 Å². The monoisotopic (exact) mass is 479 g/mol. The number of anilines is 2. The van der Waals surface area contributed by atoms with Crippen molar-refractivity contribution in [3.05, 3.63) is 58.1 Å². The Bertz CT molecular complexity index is 996. The molecule has 31 heavy (non-hydrogen) atoms. The van der Waals surface area contributed by atoms with E-state index in [0.717, 1.165) is 12.8 Å². The van der Waals surface area contributed by atoms with Crippen molar-refractivity contribution in [1.82, 2.24) is 5.32 Å². The molecule has 3 N–H and O–H groups in total. The third-order valence-corrected chi connectivity index (χ3v) is 4.87. The van der Waals surface area contributed by atoms with Crippen LogP contribution in [-0.2, 0) is 9.59 Å². The number of carbonyl (C=O) groups is 2. The van der Waals surface area contributed by atoms with Crippen LogP contribution < -0.4 is 20.7 Å². The molecule has 0 radical (unpaired) electrons. The summed E-state index contributed by atoms with van der Waals surface area (Å²) in [6.45, 7) is 2.03. The number of benzene rings is 2. The molecule has 0 fully saturated rings. The first-order chi connectivity index (χ1) is 14.8. The Kier molecular flexibility index (Phi) is 9.78. The summed E-state index contributed by atoms with van der Waals surface area (Å²) in [6.07, 6.45) is 5.09. The van der Waals surface area contributed by atoms with E-state index in [-0.39, 0.29) is 11.0 Å². The number of carbonyl (C=O) groups excluding carboxylic acids is 2. The summed E-state index contributed by atoms with van der Waals surface area (Å²) in [5.41, 5.74) is 1.81. The lowest BCUT2D eigenvalue weighted by molar-refractivity contribution is -0.116. The van der Waals surface area contributed by atoms with Crippen LogP contribution in [0.15, 0.2) is 42.5 Å². The van der Waals surface area contributed by atoms with Gasteiger partial charge in [-0.25, -0.2) is 0 Å². The number of unbranched alkanes of at least 4 members (excludes halogenated alkanes) is 1. The van der Waals surface area contributed by atoms with Gasteiger partial charge in [0.05, 0.1) is 12.8 Å². The predicted molar refractivity (Wildman–Crippen MR) is 131 cm³/mol. The highest BCUT2D eigenvalue weighted by Crippen LogP contribution is 2.28. The SMILES string of the molecule is CCCCC(=O)Nc1ccc(NC(=S)NC(=O)/C=C/c2ccc(Cl)cc2Cl)cc1OC. The lowest BCUT2D eigenvalue weighted by atomic mass is 10.2. The van der Waals surface area contributed by atoms with Crippen LogP contribution in [0.4, 0.5) is 11.4 Å². The number of halogens is 2. The molecule has 9 heteroatoms. The fourth-order valence-corrected chi connectivity index (χ4v) is 3.23. The summed E-state index contributed by atoms with van der Waals surface area (Å²) in [4.78, 5) is 24.1. The number of ether oxygens (including phenoxy) is 1. The molecule has 164 valence electrons. The van der Waals surface area contributed by atoms with Gasteiger partial charge in [-0.05, 0) is 54.5 Å². The zero-order valence-electron chi connectivity index (χ0n) is 17.1. The van der Waals surface area contributed by atoms with Crippen LogP contribution in [0.25, 0.3) is 6.08 Å². The van der Waals surface area contributed by atoms with E-state index in [0.29, 0.717) is 39.2 Å². The van der Waals surface area contributed by atoms with Crippen LogP contribution in [0.1, 0.15) is 31.7 Å². The van der Waals surface area contributed by atoms with Crippen molar-refractivity contribution in [2.75, 3.05) is 17.7 Å². The van der Waals surface area contributed by atoms with Crippen molar-refractivity contribution in [3.8, 4) is 5.75 Å². The summed E-state index contributed by atoms with van der Waals surface area (Å²) in [6, 6.07) is 10.1. The highest BCUT2D eigenvalue weighted by atomic mass is 35.5. The number of hydrogen-bond donors (Lipinski definition) is 3. The van der Waals surface area contributed by atoms with Gasteiger partial charge < -0.3 is 15.4 Å². The van der Waals surface area contributed by atoms with Crippen LogP contribution in [0, 0.1) is 0 Å². The number of thiocarbonyl (C=S) groups is 1. The zero-order chi connectivity index (χ0) is 22.8. The van der Waals surface area contributed by atoms with Crippen LogP contribution >= 0.6 is 35.4 Å². The Morgan fingerprint density at radius 2 is 1.90 bits per heavy atom. The van der Waals surface area contributed by atoms with Gasteiger partial charge in [0.2, 0.25) is 11.8 Å². The normalized spacial score (nSPS) is 10.6. The Morgan fingerprint density at radius 1 is 1.13 bits per heavy atom. The fourth-order valence-electron chi connectivity index (χ4n) is 2.54. The predicted octanol–water partition coefficient (Wildman–Crippen LogP) is 5.66. The number of rotatable bonds is 8. The van der Waals surface area contributed by atoms with Gasteiger partial charge in [-0.1, -0.05) is 42.6 Å². The highest BCUT2D eigenvalue weighted by Gasteiger charge is 2.10. The van der Waals surface area contributed by atoms with E-state index in [1.54, 1.807) is 42.5 Å². The molecular weight excluding hydrogens is 457 g/mol. The van der Waals surface area contributed by atoms with Gasteiger partial charge in [-0.15, -0.1) is 0 Å². The number of hydrogen-bond acceptors (Lipinski definition) is 4. The molecule has 6 nitrogen and oxygen atoms in total. The molecule has 2 rings (SSSR count). The average Bonchev–Trinajstić information content (AvgIpc) is 2.72. The first-order valence-corrected chi connectivity index (χ1v) is 10.7. The molecule has 0 heterocycles. The van der Waals surface area contributed by atoms with Crippen molar-refractivity contribution in [1.29, 1.82) is 0 Å². The second-order valence-corrected chi connectivity index (χ2v) is 7.76. The molecule has 0 aliphatic heterocycles. The maximum absolute atomic E-state index is 12.1. The van der Waals surface area contributed by atoms with E-state index < -0.39 is 5.91 Å². The number of amides is 2. The molecule has 0 saturated heterocycles. The maximum Gasteiger partial charge on any atom is 0.250 e. The van der Waals surface area contributed by atoms with Crippen LogP contribution in [0.2, 0.25) is 10.0 Å².